The molecule has 0 fully saturated rings. The van der Waals surface area contributed by atoms with Crippen molar-refractivity contribution in [2.75, 3.05) is 0 Å². The van der Waals surface area contributed by atoms with E-state index in [1.165, 1.54) is 6.20 Å². The lowest BCUT2D eigenvalue weighted by Crippen LogP contribution is -2.37. The molecule has 0 saturated carbocycles. The first-order valence-corrected chi connectivity index (χ1v) is 7.99. The van der Waals surface area contributed by atoms with E-state index in [1.54, 1.807) is 30.3 Å². The number of aryl methyl sites for hydroxylation is 1. The molecule has 0 radical (unpaired) electrons. The predicted octanol–water partition coefficient (Wildman–Crippen LogP) is 2.13. The zero-order valence-electron chi connectivity index (χ0n) is 13.7. The van der Waals surface area contributed by atoms with Crippen LogP contribution in [0.25, 0.3) is 11.1 Å². The van der Waals surface area contributed by atoms with Gasteiger partial charge in [-0.05, 0) is 18.1 Å². The number of fused-ring (bicyclic) bond motifs is 1. The standard InChI is InChI=1S/C18H18N4O3/c1-2-6-14-13-9-12(10-20-18(13)25-22-14)17(24)21-15(16(19)23)11-7-4-3-5-8-11/h3-5,7-10,15H,2,6H2,1H3,(H2,19,23)(H,21,24)/t15-/m1/s1. The molecule has 3 aromatic rings. The molecule has 1 atom stereocenters. The Kier molecular flexibility index (Phi) is 4.74. The molecule has 25 heavy (non-hydrogen) atoms. The van der Waals surface area contributed by atoms with Crippen LogP contribution in [-0.4, -0.2) is 22.0 Å². The lowest BCUT2D eigenvalue weighted by molar-refractivity contribution is -0.120. The van der Waals surface area contributed by atoms with Crippen LogP contribution < -0.4 is 11.1 Å². The smallest absolute Gasteiger partial charge is 0.257 e. The number of nitrogens with zero attached hydrogens (tertiary/aromatic N) is 2. The number of benzene rings is 1. The number of hydrogen-bond donors (Lipinski definition) is 2. The summed E-state index contributed by atoms with van der Waals surface area (Å²) < 4.78 is 5.16. The predicted molar refractivity (Wildman–Crippen MR) is 91.6 cm³/mol. The van der Waals surface area contributed by atoms with Gasteiger partial charge in [0.2, 0.25) is 5.91 Å². The first-order valence-electron chi connectivity index (χ1n) is 7.99. The SMILES string of the molecule is CCCc1noc2ncc(C(=O)N[C@@H](C(N)=O)c3ccccc3)cc12. The molecule has 3 N–H and O–H groups in total. The fourth-order valence-electron chi connectivity index (χ4n) is 2.60. The van der Waals surface area contributed by atoms with Gasteiger partial charge in [0, 0.05) is 6.20 Å². The number of hydrogen-bond acceptors (Lipinski definition) is 5. The average molecular weight is 338 g/mol. The van der Waals surface area contributed by atoms with Crippen molar-refractivity contribution >= 4 is 22.9 Å². The maximum Gasteiger partial charge on any atom is 0.257 e. The van der Waals surface area contributed by atoms with Crippen molar-refractivity contribution < 1.29 is 14.1 Å². The van der Waals surface area contributed by atoms with Gasteiger partial charge >= 0.3 is 0 Å². The Morgan fingerprint density at radius 3 is 2.72 bits per heavy atom. The molecule has 0 spiro atoms. The van der Waals surface area contributed by atoms with E-state index in [2.05, 4.69) is 15.5 Å². The fourth-order valence-corrected chi connectivity index (χ4v) is 2.60. The highest BCUT2D eigenvalue weighted by atomic mass is 16.5. The number of pyridine rings is 1. The third-order valence-corrected chi connectivity index (χ3v) is 3.85. The molecular formula is C18H18N4O3. The summed E-state index contributed by atoms with van der Waals surface area (Å²) in [6, 6.07) is 9.60. The number of carbonyl (C=O) groups excluding carboxylic acids is 2. The zero-order chi connectivity index (χ0) is 17.8. The molecule has 0 aliphatic rings. The molecule has 7 heteroatoms. The third-order valence-electron chi connectivity index (χ3n) is 3.85. The van der Waals surface area contributed by atoms with Gasteiger partial charge in [0.15, 0.2) is 0 Å². The van der Waals surface area contributed by atoms with Gasteiger partial charge in [-0.1, -0.05) is 48.8 Å². The summed E-state index contributed by atoms with van der Waals surface area (Å²) in [6.45, 7) is 2.03. The number of carbonyl (C=O) groups is 2. The molecular weight excluding hydrogens is 320 g/mol. The van der Waals surface area contributed by atoms with Crippen LogP contribution in [0.1, 0.15) is 41.0 Å². The highest BCUT2D eigenvalue weighted by Gasteiger charge is 2.21. The van der Waals surface area contributed by atoms with Crippen molar-refractivity contribution in [2.24, 2.45) is 5.73 Å². The van der Waals surface area contributed by atoms with Crippen molar-refractivity contribution in [1.82, 2.24) is 15.5 Å². The number of nitrogens with one attached hydrogen (secondary N) is 1. The van der Waals surface area contributed by atoms with Gasteiger partial charge in [-0.15, -0.1) is 0 Å². The summed E-state index contributed by atoms with van der Waals surface area (Å²) in [5.74, 6) is -1.07. The summed E-state index contributed by atoms with van der Waals surface area (Å²) in [5, 5.41) is 7.33. The van der Waals surface area contributed by atoms with Gasteiger partial charge in [0.1, 0.15) is 6.04 Å². The lowest BCUT2D eigenvalue weighted by atomic mass is 10.1. The molecule has 0 aliphatic heterocycles. The van der Waals surface area contributed by atoms with E-state index < -0.39 is 17.9 Å². The first kappa shape index (κ1) is 16.6. The van der Waals surface area contributed by atoms with Crippen molar-refractivity contribution in [2.45, 2.75) is 25.8 Å². The molecule has 2 aromatic heterocycles. The number of primary amides is 1. The second kappa shape index (κ2) is 7.12. The van der Waals surface area contributed by atoms with Crippen LogP contribution in [0.5, 0.6) is 0 Å². The summed E-state index contributed by atoms with van der Waals surface area (Å²) in [4.78, 5) is 28.4. The summed E-state index contributed by atoms with van der Waals surface area (Å²) in [7, 11) is 0. The Morgan fingerprint density at radius 1 is 1.28 bits per heavy atom. The normalized spacial score (nSPS) is 12.0. The van der Waals surface area contributed by atoms with Crippen LogP contribution in [-0.2, 0) is 11.2 Å². The average Bonchev–Trinajstić information content (AvgIpc) is 3.02. The van der Waals surface area contributed by atoms with Gasteiger partial charge in [0.05, 0.1) is 16.6 Å². The Hall–Kier alpha value is -3.22. The van der Waals surface area contributed by atoms with Gasteiger partial charge in [-0.2, -0.15) is 0 Å². The molecule has 1 aromatic carbocycles. The Labute approximate surface area is 144 Å². The summed E-state index contributed by atoms with van der Waals surface area (Å²) in [6.07, 6.45) is 3.02. The zero-order valence-corrected chi connectivity index (χ0v) is 13.7. The second-order valence-electron chi connectivity index (χ2n) is 5.68. The monoisotopic (exact) mass is 338 g/mol. The number of aromatic nitrogens is 2. The van der Waals surface area contributed by atoms with E-state index in [-0.39, 0.29) is 0 Å². The lowest BCUT2D eigenvalue weighted by Gasteiger charge is -2.15. The minimum atomic E-state index is -0.915. The molecule has 0 saturated heterocycles. The Balaban J connectivity index is 1.88. The number of amides is 2. The van der Waals surface area contributed by atoms with E-state index >= 15 is 0 Å². The van der Waals surface area contributed by atoms with Crippen molar-refractivity contribution in [1.29, 1.82) is 0 Å². The molecule has 3 rings (SSSR count). The van der Waals surface area contributed by atoms with Gasteiger partial charge in [0.25, 0.3) is 11.6 Å². The maximum absolute atomic E-state index is 12.6. The van der Waals surface area contributed by atoms with E-state index in [4.69, 9.17) is 10.3 Å². The van der Waals surface area contributed by atoms with Gasteiger partial charge in [-0.25, -0.2) is 4.98 Å². The van der Waals surface area contributed by atoms with Crippen molar-refractivity contribution in [3.63, 3.8) is 0 Å². The van der Waals surface area contributed by atoms with Crippen molar-refractivity contribution in [3.8, 4) is 0 Å². The number of nitrogens with two attached hydrogens (primary N) is 1. The van der Waals surface area contributed by atoms with Crippen LogP contribution in [0, 0.1) is 0 Å². The molecule has 2 amide bonds. The maximum atomic E-state index is 12.6. The van der Waals surface area contributed by atoms with Crippen LogP contribution in [0.2, 0.25) is 0 Å². The number of rotatable bonds is 6. The molecule has 0 unspecified atom stereocenters. The van der Waals surface area contributed by atoms with E-state index in [0.29, 0.717) is 22.2 Å². The van der Waals surface area contributed by atoms with Crippen LogP contribution in [0.15, 0.2) is 47.1 Å². The molecule has 128 valence electrons. The summed E-state index contributed by atoms with van der Waals surface area (Å²) in [5.41, 5.74) is 7.52. The minimum absolute atomic E-state index is 0.315. The molecule has 7 nitrogen and oxygen atoms in total. The van der Waals surface area contributed by atoms with E-state index in [9.17, 15) is 9.59 Å². The third kappa shape index (κ3) is 3.50. The minimum Gasteiger partial charge on any atom is -0.368 e. The summed E-state index contributed by atoms with van der Waals surface area (Å²) >= 11 is 0. The largest absolute Gasteiger partial charge is 0.368 e. The van der Waals surface area contributed by atoms with Gasteiger partial charge < -0.3 is 15.6 Å². The second-order valence-corrected chi connectivity index (χ2v) is 5.68. The quantitative estimate of drug-likeness (QED) is 0.715. The highest BCUT2D eigenvalue weighted by molar-refractivity contribution is 5.99. The topological polar surface area (TPSA) is 111 Å². The van der Waals surface area contributed by atoms with Crippen LogP contribution in [0.3, 0.4) is 0 Å². The van der Waals surface area contributed by atoms with Crippen LogP contribution in [0.4, 0.5) is 0 Å². The van der Waals surface area contributed by atoms with Gasteiger partial charge in [-0.3, -0.25) is 9.59 Å². The Bertz CT molecular complexity index is 905. The van der Waals surface area contributed by atoms with E-state index in [1.807, 2.05) is 13.0 Å². The van der Waals surface area contributed by atoms with Crippen molar-refractivity contribution in [3.05, 3.63) is 59.4 Å². The Morgan fingerprint density at radius 2 is 2.04 bits per heavy atom. The van der Waals surface area contributed by atoms with Crippen LogP contribution >= 0.6 is 0 Å². The highest BCUT2D eigenvalue weighted by Crippen LogP contribution is 2.20. The molecule has 2 heterocycles. The fraction of sp³-hybridized carbons (Fsp3) is 0.222. The first-order chi connectivity index (χ1) is 12.1. The molecule has 0 bridgehead atoms. The molecule has 0 aliphatic carbocycles. The van der Waals surface area contributed by atoms with E-state index in [0.717, 1.165) is 18.5 Å².